The van der Waals surface area contributed by atoms with Gasteiger partial charge in [0.05, 0.1) is 11.3 Å². The molecule has 1 N–H and O–H groups in total. The maximum absolute atomic E-state index is 12.6. The Bertz CT molecular complexity index is 866. The number of amides is 1. The largest absolute Gasteiger partial charge is 0.340 e. The van der Waals surface area contributed by atoms with Crippen LogP contribution in [0, 0.1) is 6.92 Å². The van der Waals surface area contributed by atoms with E-state index in [1.165, 1.54) is 11.8 Å². The van der Waals surface area contributed by atoms with Crippen molar-refractivity contribution in [1.82, 2.24) is 10.1 Å². The van der Waals surface area contributed by atoms with Crippen molar-refractivity contribution >= 4 is 39.3 Å². The molecule has 0 saturated heterocycles. The van der Waals surface area contributed by atoms with Gasteiger partial charge in [0.2, 0.25) is 5.89 Å². The van der Waals surface area contributed by atoms with Crippen LogP contribution < -0.4 is 5.32 Å². The number of rotatable bonds is 5. The molecular formula is C17H14BrN3O2S. The highest BCUT2D eigenvalue weighted by Crippen LogP contribution is 2.26. The van der Waals surface area contributed by atoms with Crippen LogP contribution in [0.2, 0.25) is 0 Å². The molecule has 0 aliphatic heterocycles. The summed E-state index contributed by atoms with van der Waals surface area (Å²) >= 11 is 4.90. The van der Waals surface area contributed by atoms with Crippen LogP contribution in [-0.2, 0) is 5.75 Å². The zero-order valence-corrected chi connectivity index (χ0v) is 15.2. The number of hydrogen-bond acceptors (Lipinski definition) is 5. The minimum atomic E-state index is -0.152. The van der Waals surface area contributed by atoms with Gasteiger partial charge in [0.15, 0.2) is 5.82 Å². The van der Waals surface area contributed by atoms with Gasteiger partial charge < -0.3 is 9.84 Å². The molecule has 1 aromatic heterocycles. The van der Waals surface area contributed by atoms with E-state index in [1.54, 1.807) is 13.0 Å². The van der Waals surface area contributed by atoms with Crippen LogP contribution in [0.25, 0.3) is 0 Å². The maximum Gasteiger partial charge on any atom is 0.256 e. The summed E-state index contributed by atoms with van der Waals surface area (Å²) in [5, 5.41) is 6.78. The summed E-state index contributed by atoms with van der Waals surface area (Å²) in [6.45, 7) is 1.75. The van der Waals surface area contributed by atoms with E-state index in [0.717, 1.165) is 15.1 Å². The van der Waals surface area contributed by atoms with E-state index < -0.39 is 0 Å². The second-order valence-corrected chi connectivity index (χ2v) is 6.91. The van der Waals surface area contributed by atoms with E-state index >= 15 is 0 Å². The second kappa shape index (κ2) is 7.63. The van der Waals surface area contributed by atoms with Crippen LogP contribution >= 0.6 is 27.7 Å². The average molecular weight is 404 g/mol. The van der Waals surface area contributed by atoms with E-state index in [1.807, 2.05) is 42.5 Å². The smallest absolute Gasteiger partial charge is 0.256 e. The van der Waals surface area contributed by atoms with Crippen molar-refractivity contribution in [3.8, 4) is 0 Å². The summed E-state index contributed by atoms with van der Waals surface area (Å²) in [7, 11) is 0. The summed E-state index contributed by atoms with van der Waals surface area (Å²) in [6.07, 6.45) is 0. The van der Waals surface area contributed by atoms with Crippen molar-refractivity contribution in [2.75, 3.05) is 5.32 Å². The maximum atomic E-state index is 12.6. The summed E-state index contributed by atoms with van der Waals surface area (Å²) in [5.41, 5.74) is 1.35. The monoisotopic (exact) mass is 403 g/mol. The standard InChI is InChI=1S/C17H14BrN3O2S/c1-11-19-16(21-23-11)10-24-15-8-3-2-7-14(15)17(22)20-13-6-4-5-12(18)9-13/h2-9H,10H2,1H3,(H,20,22). The highest BCUT2D eigenvalue weighted by molar-refractivity contribution is 9.10. The van der Waals surface area contributed by atoms with Gasteiger partial charge >= 0.3 is 0 Å². The predicted octanol–water partition coefficient (Wildman–Crippen LogP) is 4.69. The van der Waals surface area contributed by atoms with Crippen LogP contribution in [-0.4, -0.2) is 16.0 Å². The average Bonchev–Trinajstić information content (AvgIpc) is 2.99. The van der Waals surface area contributed by atoms with E-state index in [9.17, 15) is 4.79 Å². The molecule has 0 saturated carbocycles. The number of benzene rings is 2. The first-order valence-corrected chi connectivity index (χ1v) is 8.97. The molecule has 0 aliphatic carbocycles. The second-order valence-electron chi connectivity index (χ2n) is 4.98. The molecule has 0 unspecified atom stereocenters. The zero-order valence-electron chi connectivity index (χ0n) is 12.8. The van der Waals surface area contributed by atoms with Gasteiger partial charge in [-0.25, -0.2) is 0 Å². The van der Waals surface area contributed by atoms with Crippen molar-refractivity contribution in [2.45, 2.75) is 17.6 Å². The lowest BCUT2D eigenvalue weighted by Crippen LogP contribution is -2.12. The zero-order chi connectivity index (χ0) is 16.9. The minimum absolute atomic E-state index is 0.152. The minimum Gasteiger partial charge on any atom is -0.340 e. The number of aryl methyl sites for hydroxylation is 1. The van der Waals surface area contributed by atoms with Crippen molar-refractivity contribution < 1.29 is 9.32 Å². The van der Waals surface area contributed by atoms with E-state index in [2.05, 4.69) is 31.4 Å². The molecule has 3 rings (SSSR count). The summed E-state index contributed by atoms with van der Waals surface area (Å²) in [4.78, 5) is 17.6. The lowest BCUT2D eigenvalue weighted by Gasteiger charge is -2.09. The summed E-state index contributed by atoms with van der Waals surface area (Å²) < 4.78 is 5.88. The Hall–Kier alpha value is -2.12. The predicted molar refractivity (Wildman–Crippen MR) is 97.1 cm³/mol. The highest BCUT2D eigenvalue weighted by Gasteiger charge is 2.13. The van der Waals surface area contributed by atoms with Gasteiger partial charge in [0, 0.05) is 22.0 Å². The Morgan fingerprint density at radius 2 is 2.08 bits per heavy atom. The van der Waals surface area contributed by atoms with E-state index in [-0.39, 0.29) is 5.91 Å². The molecule has 122 valence electrons. The Morgan fingerprint density at radius 1 is 1.25 bits per heavy atom. The number of carbonyl (C=O) groups excluding carboxylic acids is 1. The molecule has 3 aromatic rings. The third-order valence-corrected chi connectivity index (χ3v) is 4.70. The molecule has 1 heterocycles. The molecule has 5 nitrogen and oxygen atoms in total. The normalized spacial score (nSPS) is 10.6. The topological polar surface area (TPSA) is 68.0 Å². The lowest BCUT2D eigenvalue weighted by atomic mass is 10.2. The van der Waals surface area contributed by atoms with Crippen LogP contribution in [0.3, 0.4) is 0 Å². The van der Waals surface area contributed by atoms with Gasteiger partial charge in [-0.05, 0) is 30.3 Å². The number of thioether (sulfide) groups is 1. The van der Waals surface area contributed by atoms with Gasteiger partial charge in [-0.15, -0.1) is 11.8 Å². The summed E-state index contributed by atoms with van der Waals surface area (Å²) in [5.74, 6) is 1.53. The fraction of sp³-hybridized carbons (Fsp3) is 0.118. The molecule has 1 amide bonds. The molecule has 0 atom stereocenters. The number of anilines is 1. The first-order valence-electron chi connectivity index (χ1n) is 7.20. The number of halogens is 1. The van der Waals surface area contributed by atoms with E-state index in [0.29, 0.717) is 23.0 Å². The SMILES string of the molecule is Cc1nc(CSc2ccccc2C(=O)Nc2cccc(Br)c2)no1. The van der Waals surface area contributed by atoms with Gasteiger partial charge in [0.1, 0.15) is 0 Å². The molecule has 0 fully saturated rings. The van der Waals surface area contributed by atoms with Crippen molar-refractivity contribution in [1.29, 1.82) is 0 Å². The Morgan fingerprint density at radius 3 is 2.83 bits per heavy atom. The third kappa shape index (κ3) is 4.24. The highest BCUT2D eigenvalue weighted by atomic mass is 79.9. The van der Waals surface area contributed by atoms with Crippen LogP contribution in [0.5, 0.6) is 0 Å². The lowest BCUT2D eigenvalue weighted by molar-refractivity contribution is 0.102. The number of nitrogens with zero attached hydrogens (tertiary/aromatic N) is 2. The molecule has 0 radical (unpaired) electrons. The van der Waals surface area contributed by atoms with Crippen molar-refractivity contribution in [2.24, 2.45) is 0 Å². The molecule has 0 spiro atoms. The molecule has 24 heavy (non-hydrogen) atoms. The molecule has 7 heteroatoms. The van der Waals surface area contributed by atoms with Gasteiger partial charge in [-0.3, -0.25) is 4.79 Å². The third-order valence-electron chi connectivity index (χ3n) is 3.14. The summed E-state index contributed by atoms with van der Waals surface area (Å²) in [6, 6.07) is 14.9. The quantitative estimate of drug-likeness (QED) is 0.626. The Balaban J connectivity index is 1.74. The molecular weight excluding hydrogens is 390 g/mol. The number of nitrogens with one attached hydrogen (secondary N) is 1. The van der Waals surface area contributed by atoms with Gasteiger partial charge in [0.25, 0.3) is 5.91 Å². The molecule has 2 aromatic carbocycles. The number of aromatic nitrogens is 2. The number of hydrogen-bond donors (Lipinski definition) is 1. The van der Waals surface area contributed by atoms with Crippen LogP contribution in [0.1, 0.15) is 22.1 Å². The fourth-order valence-electron chi connectivity index (χ4n) is 2.09. The fourth-order valence-corrected chi connectivity index (χ4v) is 3.38. The first kappa shape index (κ1) is 16.7. The van der Waals surface area contributed by atoms with Crippen molar-refractivity contribution in [3.05, 3.63) is 70.3 Å². The van der Waals surface area contributed by atoms with Gasteiger partial charge in [-0.2, -0.15) is 4.98 Å². The first-order chi connectivity index (χ1) is 11.6. The van der Waals surface area contributed by atoms with Crippen LogP contribution in [0.4, 0.5) is 5.69 Å². The number of carbonyl (C=O) groups is 1. The van der Waals surface area contributed by atoms with Gasteiger partial charge in [-0.1, -0.05) is 39.3 Å². The van der Waals surface area contributed by atoms with E-state index in [4.69, 9.17) is 4.52 Å². The Kier molecular flexibility index (Phi) is 5.32. The molecule has 0 bridgehead atoms. The Labute approximate surface area is 152 Å². The van der Waals surface area contributed by atoms with Crippen LogP contribution in [0.15, 0.2) is 62.4 Å². The van der Waals surface area contributed by atoms with Crippen molar-refractivity contribution in [3.63, 3.8) is 0 Å². The molecule has 0 aliphatic rings.